The Morgan fingerprint density at radius 1 is 0.941 bits per heavy atom. The van der Waals surface area contributed by atoms with Crippen molar-refractivity contribution in [2.75, 3.05) is 26.4 Å². The monoisotopic (exact) mass is 264 g/mol. The Kier molecular flexibility index (Phi) is 10.1. The zero-order valence-electron chi connectivity index (χ0n) is 10.9. The number of carbonyl (C=O) groups excluding carboxylic acids is 1. The molecule has 0 rings (SSSR count). The zero-order chi connectivity index (χ0) is 13.1. The molecule has 0 N–H and O–H groups in total. The van der Waals surface area contributed by atoms with Crippen LogP contribution in [0.1, 0.15) is 27.7 Å². The van der Waals surface area contributed by atoms with Crippen LogP contribution >= 0.6 is 8.38 Å². The molecule has 0 radical (unpaired) electrons. The highest BCUT2D eigenvalue weighted by molar-refractivity contribution is 7.51. The van der Waals surface area contributed by atoms with Gasteiger partial charge in [-0.1, -0.05) is 0 Å². The van der Waals surface area contributed by atoms with Crippen molar-refractivity contribution in [3.63, 3.8) is 0 Å². The summed E-state index contributed by atoms with van der Waals surface area (Å²) in [6, 6.07) is 0. The van der Waals surface area contributed by atoms with E-state index in [-0.39, 0.29) is 0 Å². The van der Waals surface area contributed by atoms with Gasteiger partial charge in [0.15, 0.2) is 5.50 Å². The summed E-state index contributed by atoms with van der Waals surface area (Å²) in [5.74, 6) is -0.442. The van der Waals surface area contributed by atoms with E-state index in [2.05, 4.69) is 0 Å². The van der Waals surface area contributed by atoms with Gasteiger partial charge in [-0.3, -0.25) is 0 Å². The minimum Gasteiger partial charge on any atom is -0.488 e. The third-order valence-corrected chi connectivity index (χ3v) is 3.10. The predicted octanol–water partition coefficient (Wildman–Crippen LogP) is 2.81. The van der Waals surface area contributed by atoms with Crippen molar-refractivity contribution in [2.24, 2.45) is 0 Å². The van der Waals surface area contributed by atoms with E-state index in [1.54, 1.807) is 6.92 Å². The average Bonchev–Trinajstić information content (AvgIpc) is 2.28. The largest absolute Gasteiger partial charge is 0.488 e. The topological polar surface area (TPSA) is 54.0 Å². The van der Waals surface area contributed by atoms with Crippen molar-refractivity contribution in [3.8, 4) is 0 Å². The Hall–Kier alpha value is -0.640. The lowest BCUT2D eigenvalue weighted by molar-refractivity contribution is -0.137. The zero-order valence-corrected chi connectivity index (χ0v) is 11.8. The van der Waals surface area contributed by atoms with Crippen LogP contribution in [0.15, 0.2) is 11.6 Å². The Morgan fingerprint density at radius 3 is 1.88 bits per heavy atom. The van der Waals surface area contributed by atoms with Crippen molar-refractivity contribution >= 4 is 14.3 Å². The van der Waals surface area contributed by atoms with Gasteiger partial charge < -0.3 is 18.5 Å². The molecule has 0 aliphatic carbocycles. The molecule has 0 saturated carbocycles. The molecule has 0 aromatic heterocycles. The van der Waals surface area contributed by atoms with Gasteiger partial charge in [0.25, 0.3) is 0 Å². The standard InChI is InChI=1S/C11H21O5P/c1-5-13-10(12)9-11(14-6-2)17(15-7-3)16-8-4/h9H,5-8H2,1-4H3. The van der Waals surface area contributed by atoms with Gasteiger partial charge in [0.1, 0.15) is 0 Å². The van der Waals surface area contributed by atoms with E-state index in [9.17, 15) is 4.79 Å². The summed E-state index contributed by atoms with van der Waals surface area (Å²) in [6.07, 6.45) is 1.30. The van der Waals surface area contributed by atoms with Gasteiger partial charge >= 0.3 is 5.97 Å². The highest BCUT2D eigenvalue weighted by Crippen LogP contribution is 2.47. The first kappa shape index (κ1) is 16.4. The van der Waals surface area contributed by atoms with Crippen LogP contribution in [0.2, 0.25) is 0 Å². The molecule has 0 bridgehead atoms. The van der Waals surface area contributed by atoms with Crippen LogP contribution in [0.4, 0.5) is 0 Å². The minimum absolute atomic E-state index is 0.329. The lowest BCUT2D eigenvalue weighted by Gasteiger charge is -2.18. The number of esters is 1. The van der Waals surface area contributed by atoms with Crippen LogP contribution in [-0.4, -0.2) is 32.4 Å². The molecule has 6 heteroatoms. The number of hydrogen-bond donors (Lipinski definition) is 0. The van der Waals surface area contributed by atoms with Crippen LogP contribution in [0.3, 0.4) is 0 Å². The molecular formula is C11H21O5P. The number of rotatable bonds is 9. The SMILES string of the molecule is CCOC(=O)C=C(OCC)P(OCC)OCC. The Morgan fingerprint density at radius 2 is 1.47 bits per heavy atom. The minimum atomic E-state index is -1.34. The van der Waals surface area contributed by atoms with Gasteiger partial charge in [0.2, 0.25) is 8.38 Å². The molecule has 0 saturated heterocycles. The van der Waals surface area contributed by atoms with Crippen molar-refractivity contribution in [3.05, 3.63) is 11.6 Å². The Labute approximate surface area is 104 Å². The van der Waals surface area contributed by atoms with E-state index >= 15 is 0 Å². The fourth-order valence-electron chi connectivity index (χ4n) is 0.979. The van der Waals surface area contributed by atoms with Crippen LogP contribution in [-0.2, 0) is 23.3 Å². The molecule has 0 amide bonds. The van der Waals surface area contributed by atoms with Gasteiger partial charge in [0, 0.05) is 0 Å². The lowest BCUT2D eigenvalue weighted by Crippen LogP contribution is -2.04. The average molecular weight is 264 g/mol. The molecular weight excluding hydrogens is 243 g/mol. The first-order valence-electron chi connectivity index (χ1n) is 5.76. The molecule has 0 fully saturated rings. The molecule has 0 aliphatic heterocycles. The summed E-state index contributed by atoms with van der Waals surface area (Å²) in [5, 5.41) is 0. The van der Waals surface area contributed by atoms with Gasteiger partial charge in [-0.15, -0.1) is 0 Å². The lowest BCUT2D eigenvalue weighted by atomic mass is 10.6. The van der Waals surface area contributed by atoms with Gasteiger partial charge in [0.05, 0.1) is 32.5 Å². The second-order valence-corrected chi connectivity index (χ2v) is 4.23. The third-order valence-electron chi connectivity index (χ3n) is 1.49. The number of hydrogen-bond acceptors (Lipinski definition) is 5. The summed E-state index contributed by atoms with van der Waals surface area (Å²) in [4.78, 5) is 11.4. The van der Waals surface area contributed by atoms with Crippen LogP contribution in [0.25, 0.3) is 0 Å². The van der Waals surface area contributed by atoms with Crippen LogP contribution < -0.4 is 0 Å². The highest BCUT2D eigenvalue weighted by atomic mass is 31.2. The molecule has 0 atom stereocenters. The molecule has 0 spiro atoms. The van der Waals surface area contributed by atoms with Crippen LogP contribution in [0.5, 0.6) is 0 Å². The van der Waals surface area contributed by atoms with Gasteiger partial charge in [-0.05, 0) is 27.7 Å². The van der Waals surface area contributed by atoms with E-state index in [4.69, 9.17) is 18.5 Å². The first-order chi connectivity index (χ1) is 8.19. The molecule has 0 aliphatic rings. The molecule has 100 valence electrons. The third kappa shape index (κ3) is 7.31. The second-order valence-electron chi connectivity index (χ2n) is 2.76. The van der Waals surface area contributed by atoms with Crippen molar-refractivity contribution < 1.29 is 23.3 Å². The normalized spacial score (nSPS) is 11.7. The molecule has 0 unspecified atom stereocenters. The summed E-state index contributed by atoms with van der Waals surface area (Å²) in [6.45, 7) is 9.09. The Bertz CT molecular complexity index is 236. The molecule has 5 nitrogen and oxygen atoms in total. The quantitative estimate of drug-likeness (QED) is 0.277. The smallest absolute Gasteiger partial charge is 0.334 e. The van der Waals surface area contributed by atoms with E-state index < -0.39 is 14.3 Å². The summed E-state index contributed by atoms with van der Waals surface area (Å²) >= 11 is 0. The molecule has 0 aromatic carbocycles. The first-order valence-corrected chi connectivity index (χ1v) is 6.94. The molecule has 0 heterocycles. The number of carbonyl (C=O) groups is 1. The van der Waals surface area contributed by atoms with Crippen LogP contribution in [0, 0.1) is 0 Å². The van der Waals surface area contributed by atoms with Crippen molar-refractivity contribution in [1.82, 2.24) is 0 Å². The predicted molar refractivity (Wildman–Crippen MR) is 66.5 cm³/mol. The van der Waals surface area contributed by atoms with Crippen molar-refractivity contribution in [2.45, 2.75) is 27.7 Å². The van der Waals surface area contributed by atoms with E-state index in [0.29, 0.717) is 31.9 Å². The van der Waals surface area contributed by atoms with E-state index in [1.807, 2.05) is 20.8 Å². The fraction of sp³-hybridized carbons (Fsp3) is 0.727. The molecule has 17 heavy (non-hydrogen) atoms. The highest BCUT2D eigenvalue weighted by Gasteiger charge is 2.19. The summed E-state index contributed by atoms with van der Waals surface area (Å²) in [5.41, 5.74) is 0.407. The summed E-state index contributed by atoms with van der Waals surface area (Å²) in [7, 11) is -1.34. The second kappa shape index (κ2) is 10.5. The van der Waals surface area contributed by atoms with Crippen molar-refractivity contribution in [1.29, 1.82) is 0 Å². The maximum atomic E-state index is 11.4. The van der Waals surface area contributed by atoms with E-state index in [0.717, 1.165) is 0 Å². The van der Waals surface area contributed by atoms with Gasteiger partial charge in [-0.2, -0.15) is 0 Å². The van der Waals surface area contributed by atoms with E-state index in [1.165, 1.54) is 6.08 Å². The maximum Gasteiger partial charge on any atom is 0.334 e. The van der Waals surface area contributed by atoms with Gasteiger partial charge in [-0.25, -0.2) is 4.79 Å². The maximum absolute atomic E-state index is 11.4. The Balaban J connectivity index is 4.69. The fourth-order valence-corrected chi connectivity index (χ4v) is 2.22. The number of ether oxygens (including phenoxy) is 2. The summed E-state index contributed by atoms with van der Waals surface area (Å²) < 4.78 is 21.0. The molecule has 0 aromatic rings.